The highest BCUT2D eigenvalue weighted by Crippen LogP contribution is 2.33. The molecular formula is C21H19ClF3N3O. The van der Waals surface area contributed by atoms with Crippen LogP contribution in [0.25, 0.3) is 0 Å². The van der Waals surface area contributed by atoms with Crippen molar-refractivity contribution in [2.75, 3.05) is 25.5 Å². The third kappa shape index (κ3) is 4.02. The van der Waals surface area contributed by atoms with Crippen molar-refractivity contribution in [3.05, 3.63) is 63.4 Å². The lowest BCUT2D eigenvalue weighted by atomic mass is 9.96. The van der Waals surface area contributed by atoms with Crippen LogP contribution in [0.4, 0.5) is 18.9 Å². The summed E-state index contributed by atoms with van der Waals surface area (Å²) in [5.74, 6) is -2.57. The molecule has 1 atom stereocenters. The molecule has 2 heterocycles. The quantitative estimate of drug-likeness (QED) is 0.750. The van der Waals surface area contributed by atoms with Gasteiger partial charge in [0.05, 0.1) is 16.8 Å². The summed E-state index contributed by atoms with van der Waals surface area (Å²) in [4.78, 5) is 19.6. The van der Waals surface area contributed by atoms with Gasteiger partial charge in [-0.2, -0.15) is 0 Å². The Morgan fingerprint density at radius 1 is 1.28 bits per heavy atom. The lowest BCUT2D eigenvalue weighted by molar-refractivity contribution is 0.0992. The van der Waals surface area contributed by atoms with Crippen LogP contribution < -0.4 is 5.32 Å². The number of aliphatic imine (C=N–C) groups is 1. The first-order valence-corrected chi connectivity index (χ1v) is 9.70. The SMILES string of the molecule is CN1CC[C@H](N=C2Cc3c(C(=O)Cc4ccc(F)c(Cl)c4)cc(F)c(F)c3N2)C1. The molecule has 1 fully saturated rings. The number of nitrogens with zero attached hydrogens (tertiary/aromatic N) is 2. The van der Waals surface area contributed by atoms with E-state index in [2.05, 4.69) is 15.2 Å². The Hall–Kier alpha value is -2.38. The Bertz CT molecular complexity index is 1020. The molecule has 0 amide bonds. The zero-order chi connectivity index (χ0) is 20.7. The van der Waals surface area contributed by atoms with Crippen LogP contribution in [0.15, 0.2) is 29.3 Å². The van der Waals surface area contributed by atoms with E-state index in [0.29, 0.717) is 17.0 Å². The molecule has 1 saturated heterocycles. The van der Waals surface area contributed by atoms with Crippen LogP contribution in [0.2, 0.25) is 5.02 Å². The summed E-state index contributed by atoms with van der Waals surface area (Å²) in [6.45, 7) is 1.73. The van der Waals surface area contributed by atoms with E-state index in [1.54, 1.807) is 0 Å². The molecule has 0 saturated carbocycles. The van der Waals surface area contributed by atoms with E-state index in [4.69, 9.17) is 11.6 Å². The van der Waals surface area contributed by atoms with E-state index in [9.17, 15) is 18.0 Å². The molecule has 0 unspecified atom stereocenters. The summed E-state index contributed by atoms with van der Waals surface area (Å²) in [6, 6.07) is 4.99. The maximum Gasteiger partial charge on any atom is 0.182 e. The van der Waals surface area contributed by atoms with Crippen molar-refractivity contribution in [2.45, 2.75) is 25.3 Å². The van der Waals surface area contributed by atoms with E-state index in [0.717, 1.165) is 25.6 Å². The van der Waals surface area contributed by atoms with Crippen molar-refractivity contribution in [1.29, 1.82) is 0 Å². The Labute approximate surface area is 171 Å². The average Bonchev–Trinajstić information content (AvgIpc) is 3.27. The number of hydrogen-bond acceptors (Lipinski definition) is 3. The standard InChI is InChI=1S/C21H19ClF3N3O/c1-28-5-4-12(10-28)26-19-9-14-13(8-17(24)20(25)21(14)27-19)18(29)7-11-2-3-16(23)15(22)6-11/h2-3,6,8,12H,4-5,7,9-10H2,1H3,(H,26,27)/t12-/m0/s1. The zero-order valence-electron chi connectivity index (χ0n) is 15.7. The number of Topliss-reactive ketones (excluding diaryl/α,β-unsaturated/α-hetero) is 1. The topological polar surface area (TPSA) is 44.7 Å². The molecule has 2 aliphatic heterocycles. The Morgan fingerprint density at radius 3 is 2.76 bits per heavy atom. The minimum atomic E-state index is -1.10. The molecular weight excluding hydrogens is 403 g/mol. The molecule has 4 nitrogen and oxygen atoms in total. The van der Waals surface area contributed by atoms with Crippen LogP contribution in [0.5, 0.6) is 0 Å². The van der Waals surface area contributed by atoms with Crippen molar-refractivity contribution < 1.29 is 18.0 Å². The van der Waals surface area contributed by atoms with Crippen LogP contribution in [0.3, 0.4) is 0 Å². The smallest absolute Gasteiger partial charge is 0.182 e. The second kappa shape index (κ2) is 7.80. The maximum absolute atomic E-state index is 14.3. The van der Waals surface area contributed by atoms with Crippen molar-refractivity contribution in [3.8, 4) is 0 Å². The Kier molecular flexibility index (Phi) is 5.36. The monoisotopic (exact) mass is 421 g/mol. The lowest BCUT2D eigenvalue weighted by Crippen LogP contribution is -2.18. The molecule has 4 rings (SSSR count). The van der Waals surface area contributed by atoms with Gasteiger partial charge in [-0.05, 0) is 49.3 Å². The van der Waals surface area contributed by atoms with Crippen molar-refractivity contribution in [2.24, 2.45) is 4.99 Å². The highest BCUT2D eigenvalue weighted by Gasteiger charge is 2.30. The molecule has 0 spiro atoms. The number of ketones is 1. The van der Waals surface area contributed by atoms with Crippen LogP contribution in [0, 0.1) is 17.5 Å². The van der Waals surface area contributed by atoms with Crippen LogP contribution in [-0.4, -0.2) is 42.7 Å². The van der Waals surface area contributed by atoms with Gasteiger partial charge < -0.3 is 10.2 Å². The largest absolute Gasteiger partial charge is 0.341 e. The molecule has 8 heteroatoms. The van der Waals surface area contributed by atoms with Gasteiger partial charge in [0.15, 0.2) is 17.4 Å². The van der Waals surface area contributed by atoms with Crippen LogP contribution >= 0.6 is 11.6 Å². The van der Waals surface area contributed by atoms with Gasteiger partial charge in [-0.1, -0.05) is 17.7 Å². The summed E-state index contributed by atoms with van der Waals surface area (Å²) >= 11 is 5.77. The normalized spacial score (nSPS) is 20.2. The number of nitrogens with one attached hydrogen (secondary N) is 1. The predicted octanol–water partition coefficient (Wildman–Crippen LogP) is 4.25. The third-order valence-electron chi connectivity index (χ3n) is 5.29. The van der Waals surface area contributed by atoms with Gasteiger partial charge in [-0.25, -0.2) is 13.2 Å². The Morgan fingerprint density at radius 2 is 2.07 bits per heavy atom. The zero-order valence-corrected chi connectivity index (χ0v) is 16.5. The predicted molar refractivity (Wildman–Crippen MR) is 106 cm³/mol. The van der Waals surface area contributed by atoms with E-state index in [1.807, 2.05) is 7.05 Å². The Balaban J connectivity index is 1.62. The van der Waals surface area contributed by atoms with Crippen LogP contribution in [-0.2, 0) is 12.8 Å². The second-order valence-corrected chi connectivity index (χ2v) is 7.91. The number of anilines is 1. The molecule has 0 aromatic heterocycles. The number of hydrogen-bond donors (Lipinski definition) is 1. The fourth-order valence-electron chi connectivity index (χ4n) is 3.83. The van der Waals surface area contributed by atoms with Crippen molar-refractivity contribution in [3.63, 3.8) is 0 Å². The molecule has 29 heavy (non-hydrogen) atoms. The van der Waals surface area contributed by atoms with E-state index >= 15 is 0 Å². The molecule has 0 aliphatic carbocycles. The molecule has 152 valence electrons. The molecule has 1 N–H and O–H groups in total. The number of benzene rings is 2. The minimum Gasteiger partial charge on any atom is -0.341 e. The first-order chi connectivity index (χ1) is 13.8. The number of carbonyl (C=O) groups excluding carboxylic acids is 1. The number of amidine groups is 1. The lowest BCUT2D eigenvalue weighted by Gasteiger charge is -2.09. The molecule has 2 aliphatic rings. The number of halogens is 4. The van der Waals surface area contributed by atoms with Gasteiger partial charge in [0.1, 0.15) is 11.7 Å². The third-order valence-corrected chi connectivity index (χ3v) is 5.58. The number of rotatable bonds is 4. The number of likely N-dealkylation sites (N-methyl/N-ethyl adjacent to an activating group) is 1. The second-order valence-electron chi connectivity index (χ2n) is 7.50. The van der Waals surface area contributed by atoms with E-state index in [-0.39, 0.29) is 35.2 Å². The van der Waals surface area contributed by atoms with E-state index in [1.165, 1.54) is 18.2 Å². The number of likely N-dealkylation sites (tertiary alicyclic amines) is 1. The number of carbonyl (C=O) groups is 1. The molecule has 2 aromatic rings. The van der Waals surface area contributed by atoms with Gasteiger partial charge in [-0.3, -0.25) is 9.79 Å². The summed E-state index contributed by atoms with van der Waals surface area (Å²) in [5.41, 5.74) is 0.956. The summed E-state index contributed by atoms with van der Waals surface area (Å²) < 4.78 is 41.8. The van der Waals surface area contributed by atoms with Gasteiger partial charge in [0.2, 0.25) is 0 Å². The summed E-state index contributed by atoms with van der Waals surface area (Å²) in [7, 11) is 2.00. The van der Waals surface area contributed by atoms with Gasteiger partial charge in [-0.15, -0.1) is 0 Å². The fourth-order valence-corrected chi connectivity index (χ4v) is 4.03. The van der Waals surface area contributed by atoms with Gasteiger partial charge >= 0.3 is 0 Å². The van der Waals surface area contributed by atoms with Crippen molar-refractivity contribution >= 4 is 28.9 Å². The maximum atomic E-state index is 14.3. The summed E-state index contributed by atoms with van der Waals surface area (Å²) in [5, 5.41) is 2.76. The first kappa shape index (κ1) is 19.9. The average molecular weight is 422 g/mol. The highest BCUT2D eigenvalue weighted by atomic mass is 35.5. The van der Waals surface area contributed by atoms with Gasteiger partial charge in [0, 0.05) is 24.9 Å². The minimum absolute atomic E-state index is 0.0319. The number of fused-ring (bicyclic) bond motifs is 1. The highest BCUT2D eigenvalue weighted by molar-refractivity contribution is 6.30. The van der Waals surface area contributed by atoms with Crippen molar-refractivity contribution in [1.82, 2.24) is 4.90 Å². The van der Waals surface area contributed by atoms with Gasteiger partial charge in [0.25, 0.3) is 0 Å². The van der Waals surface area contributed by atoms with E-state index < -0.39 is 23.2 Å². The molecule has 0 bridgehead atoms. The molecule has 2 aromatic carbocycles. The van der Waals surface area contributed by atoms with Crippen LogP contribution in [0.1, 0.15) is 27.9 Å². The summed E-state index contributed by atoms with van der Waals surface area (Å²) in [6.07, 6.45) is 1.03. The first-order valence-electron chi connectivity index (χ1n) is 9.32. The fraction of sp³-hybridized carbons (Fsp3) is 0.333. The molecule has 0 radical (unpaired) electrons.